The number of hydrogen-bond acceptors (Lipinski definition) is 7. The number of nitrogens with one attached hydrogen (secondary N) is 3. The van der Waals surface area contributed by atoms with Gasteiger partial charge in [0.1, 0.15) is 11.5 Å². The normalized spacial score (nSPS) is 15.7. The molecule has 1 saturated heterocycles. The number of anilines is 2. The standard InChI is InChI=1S/C28H31N7O2/c1-29-10-6-22-18(17-8-13-37-14-9-17)3-4-24(33-22)34-23-16-31-26(21-15-32-28(36)25(21)23)19-5-11-30-27-20(19)7-12-35(27)2/h3-5,7,11-12,16-17,29H,6,8-10,13-15H2,1-2H3,(H,32,36)(H,33,34). The largest absolute Gasteiger partial charge is 0.381 e. The van der Waals surface area contributed by atoms with Crippen LogP contribution in [0.25, 0.3) is 22.3 Å². The van der Waals surface area contributed by atoms with Crippen molar-refractivity contribution in [2.75, 3.05) is 32.1 Å². The Kier molecular flexibility index (Phi) is 6.31. The Morgan fingerprint density at radius 1 is 1.16 bits per heavy atom. The first-order chi connectivity index (χ1) is 18.1. The van der Waals surface area contributed by atoms with Gasteiger partial charge >= 0.3 is 0 Å². The molecule has 4 aromatic rings. The molecule has 0 aromatic carbocycles. The Hall–Kier alpha value is -3.82. The smallest absolute Gasteiger partial charge is 0.254 e. The maximum atomic E-state index is 13.0. The lowest BCUT2D eigenvalue weighted by Gasteiger charge is -2.24. The summed E-state index contributed by atoms with van der Waals surface area (Å²) in [4.78, 5) is 27.3. The van der Waals surface area contributed by atoms with Gasteiger partial charge in [0, 0.05) is 74.4 Å². The van der Waals surface area contributed by atoms with Crippen LogP contribution in [-0.2, 0) is 24.8 Å². The van der Waals surface area contributed by atoms with Crippen LogP contribution >= 0.6 is 0 Å². The Labute approximate surface area is 215 Å². The number of pyridine rings is 3. The number of carbonyl (C=O) groups excluding carboxylic acids is 1. The highest BCUT2D eigenvalue weighted by atomic mass is 16.5. The molecular formula is C28H31N7O2. The van der Waals surface area contributed by atoms with E-state index in [1.54, 1.807) is 12.4 Å². The quantitative estimate of drug-likeness (QED) is 0.358. The fourth-order valence-corrected chi connectivity index (χ4v) is 5.48. The minimum absolute atomic E-state index is 0.103. The first-order valence-electron chi connectivity index (χ1n) is 12.8. The van der Waals surface area contributed by atoms with Crippen LogP contribution in [0.5, 0.6) is 0 Å². The molecule has 0 saturated carbocycles. The van der Waals surface area contributed by atoms with Gasteiger partial charge in [-0.2, -0.15) is 0 Å². The summed E-state index contributed by atoms with van der Waals surface area (Å²) in [7, 11) is 3.93. The molecule has 1 fully saturated rings. The van der Waals surface area contributed by atoms with Crippen molar-refractivity contribution in [3.05, 3.63) is 65.2 Å². The monoisotopic (exact) mass is 497 g/mol. The minimum Gasteiger partial charge on any atom is -0.381 e. The third-order valence-electron chi connectivity index (χ3n) is 7.40. The average molecular weight is 498 g/mol. The van der Waals surface area contributed by atoms with E-state index in [2.05, 4.69) is 27.0 Å². The summed E-state index contributed by atoms with van der Waals surface area (Å²) in [6, 6.07) is 8.20. The third kappa shape index (κ3) is 4.34. The summed E-state index contributed by atoms with van der Waals surface area (Å²) in [5, 5.41) is 10.6. The van der Waals surface area contributed by atoms with E-state index in [-0.39, 0.29) is 5.91 Å². The van der Waals surface area contributed by atoms with Gasteiger partial charge in [0.05, 0.1) is 23.1 Å². The Morgan fingerprint density at radius 2 is 2.03 bits per heavy atom. The van der Waals surface area contributed by atoms with Crippen molar-refractivity contribution in [3.8, 4) is 11.3 Å². The molecule has 0 bridgehead atoms. The van der Waals surface area contributed by atoms with Crippen molar-refractivity contribution in [2.45, 2.75) is 31.7 Å². The number of ether oxygens (including phenoxy) is 1. The Bertz CT molecular complexity index is 1470. The van der Waals surface area contributed by atoms with E-state index >= 15 is 0 Å². The fourth-order valence-electron chi connectivity index (χ4n) is 5.48. The molecule has 6 rings (SSSR count). The Balaban J connectivity index is 1.37. The van der Waals surface area contributed by atoms with E-state index in [1.807, 2.05) is 43.1 Å². The van der Waals surface area contributed by atoms with Crippen molar-refractivity contribution < 1.29 is 9.53 Å². The van der Waals surface area contributed by atoms with Crippen molar-refractivity contribution in [1.29, 1.82) is 0 Å². The first kappa shape index (κ1) is 23.6. The zero-order valence-corrected chi connectivity index (χ0v) is 21.2. The average Bonchev–Trinajstić information content (AvgIpc) is 3.51. The molecule has 2 aliphatic heterocycles. The molecule has 6 heterocycles. The van der Waals surface area contributed by atoms with Gasteiger partial charge in [-0.25, -0.2) is 9.97 Å². The van der Waals surface area contributed by atoms with Gasteiger partial charge in [0.2, 0.25) is 0 Å². The van der Waals surface area contributed by atoms with Crippen LogP contribution in [0, 0.1) is 0 Å². The number of carbonyl (C=O) groups is 1. The topological polar surface area (TPSA) is 106 Å². The minimum atomic E-state index is -0.103. The van der Waals surface area contributed by atoms with Gasteiger partial charge in [0.15, 0.2) is 0 Å². The molecule has 9 nitrogen and oxygen atoms in total. The lowest BCUT2D eigenvalue weighted by molar-refractivity contribution is 0.0851. The number of aromatic nitrogens is 4. The molecule has 37 heavy (non-hydrogen) atoms. The highest BCUT2D eigenvalue weighted by Gasteiger charge is 2.28. The Morgan fingerprint density at radius 3 is 2.86 bits per heavy atom. The second kappa shape index (κ2) is 9.91. The van der Waals surface area contributed by atoms with E-state index in [0.717, 1.165) is 72.6 Å². The van der Waals surface area contributed by atoms with E-state index in [1.165, 1.54) is 5.56 Å². The molecule has 3 N–H and O–H groups in total. The summed E-state index contributed by atoms with van der Waals surface area (Å²) in [6.07, 6.45) is 8.40. The molecule has 4 aromatic heterocycles. The number of nitrogens with zero attached hydrogens (tertiary/aromatic N) is 4. The van der Waals surface area contributed by atoms with Crippen LogP contribution in [0.15, 0.2) is 42.9 Å². The molecule has 190 valence electrons. The summed E-state index contributed by atoms with van der Waals surface area (Å²) in [5.74, 6) is 1.08. The fraction of sp³-hybridized carbons (Fsp3) is 0.357. The highest BCUT2D eigenvalue weighted by molar-refractivity contribution is 6.06. The lowest BCUT2D eigenvalue weighted by Crippen LogP contribution is -2.19. The summed E-state index contributed by atoms with van der Waals surface area (Å²) >= 11 is 0. The first-order valence-corrected chi connectivity index (χ1v) is 12.8. The van der Waals surface area contributed by atoms with Crippen molar-refractivity contribution in [3.63, 3.8) is 0 Å². The number of amides is 1. The van der Waals surface area contributed by atoms with Gasteiger partial charge in [-0.3, -0.25) is 9.78 Å². The molecule has 0 unspecified atom stereocenters. The van der Waals surface area contributed by atoms with Gasteiger partial charge in [-0.1, -0.05) is 6.07 Å². The predicted molar refractivity (Wildman–Crippen MR) is 143 cm³/mol. The zero-order chi connectivity index (χ0) is 25.4. The van der Waals surface area contributed by atoms with Gasteiger partial charge in [0.25, 0.3) is 5.91 Å². The van der Waals surface area contributed by atoms with E-state index in [4.69, 9.17) is 14.7 Å². The summed E-state index contributed by atoms with van der Waals surface area (Å²) < 4.78 is 7.56. The SMILES string of the molecule is CNCCc1nc(Nc2cnc(-c3ccnc4c3ccn4C)c3c2C(=O)NC3)ccc1C1CCOCC1. The molecule has 9 heteroatoms. The zero-order valence-electron chi connectivity index (χ0n) is 21.2. The van der Waals surface area contributed by atoms with E-state index in [0.29, 0.717) is 29.5 Å². The van der Waals surface area contributed by atoms with Crippen molar-refractivity contribution in [1.82, 2.24) is 30.2 Å². The second-order valence-electron chi connectivity index (χ2n) is 9.68. The number of rotatable bonds is 7. The third-order valence-corrected chi connectivity index (χ3v) is 7.40. The van der Waals surface area contributed by atoms with Crippen molar-refractivity contribution in [2.24, 2.45) is 7.05 Å². The van der Waals surface area contributed by atoms with E-state index < -0.39 is 0 Å². The highest BCUT2D eigenvalue weighted by Crippen LogP contribution is 2.36. The number of aryl methyl sites for hydroxylation is 1. The molecule has 2 aliphatic rings. The maximum absolute atomic E-state index is 13.0. The second-order valence-corrected chi connectivity index (χ2v) is 9.68. The lowest BCUT2D eigenvalue weighted by atomic mass is 9.89. The van der Waals surface area contributed by atoms with Crippen molar-refractivity contribution >= 4 is 28.4 Å². The van der Waals surface area contributed by atoms with Crippen LogP contribution < -0.4 is 16.0 Å². The van der Waals surface area contributed by atoms with Crippen LogP contribution in [-0.4, -0.2) is 52.2 Å². The van der Waals surface area contributed by atoms with Crippen LogP contribution in [0.1, 0.15) is 45.9 Å². The van der Waals surface area contributed by atoms with Crippen LogP contribution in [0.4, 0.5) is 11.5 Å². The van der Waals surface area contributed by atoms with Gasteiger partial charge in [-0.05, 0) is 49.6 Å². The molecule has 0 spiro atoms. The molecule has 0 aliphatic carbocycles. The van der Waals surface area contributed by atoms with Gasteiger partial charge in [-0.15, -0.1) is 0 Å². The predicted octanol–water partition coefficient (Wildman–Crippen LogP) is 3.67. The summed E-state index contributed by atoms with van der Waals surface area (Å²) in [5.41, 5.74) is 7.21. The number of likely N-dealkylation sites (N-methyl/N-ethyl adjacent to an activating group) is 1. The van der Waals surface area contributed by atoms with Crippen LogP contribution in [0.3, 0.4) is 0 Å². The maximum Gasteiger partial charge on any atom is 0.254 e. The molecule has 0 atom stereocenters. The summed E-state index contributed by atoms with van der Waals surface area (Å²) in [6.45, 7) is 2.87. The molecule has 1 amide bonds. The van der Waals surface area contributed by atoms with E-state index in [9.17, 15) is 4.79 Å². The van der Waals surface area contributed by atoms with Gasteiger partial charge < -0.3 is 25.3 Å². The molecular weight excluding hydrogens is 466 g/mol. The number of fused-ring (bicyclic) bond motifs is 2. The van der Waals surface area contributed by atoms with Crippen LogP contribution in [0.2, 0.25) is 0 Å². The molecule has 0 radical (unpaired) electrons. The number of hydrogen-bond donors (Lipinski definition) is 3.